The predicted octanol–water partition coefficient (Wildman–Crippen LogP) is 8.58. The summed E-state index contributed by atoms with van der Waals surface area (Å²) in [7, 11) is 0. The minimum atomic E-state index is -4.96. The van der Waals surface area contributed by atoms with Crippen molar-refractivity contribution in [2.24, 2.45) is 0 Å². The number of likely N-dealkylation sites (tertiary alicyclic amines) is 1. The van der Waals surface area contributed by atoms with Gasteiger partial charge in [0.05, 0.1) is 41.1 Å². The number of ether oxygens (including phenoxy) is 2. The van der Waals surface area contributed by atoms with Crippen molar-refractivity contribution in [3.8, 4) is 17.2 Å². The molecule has 10 rings (SSSR count). The number of halogens is 3. The molecule has 1 aliphatic carbocycles. The number of carbonyl (C=O) groups is 3. The molecule has 5 aromatic carbocycles. The highest BCUT2D eigenvalue weighted by Gasteiger charge is 2.34. The van der Waals surface area contributed by atoms with E-state index in [0.717, 1.165) is 42.9 Å². The minimum Gasteiger partial charge on any atom is -0.508 e. The second-order valence-electron chi connectivity index (χ2n) is 18.2. The SMILES string of the molecule is O=C(NCc1cc2c3ccccc3nc(SCC(=O)N3CCN(CC(=O)N4CCC(Oc5ccc([C@@H]6c7ccc(O)cc7CC[C@@H]6c6ccccc6)cc5)CC4)CC3)n2n1)c1ccccc1OC(F)(F)F. The molecule has 2 atom stereocenters. The lowest BCUT2D eigenvalue weighted by atomic mass is 9.69. The Morgan fingerprint density at radius 1 is 0.761 bits per heavy atom. The molecule has 13 nitrogen and oxygen atoms in total. The fraction of sp³-hybridized carbons (Fsp3) is 0.315. The van der Waals surface area contributed by atoms with Crippen molar-refractivity contribution in [1.82, 2.24) is 34.6 Å². The number of carbonyl (C=O) groups excluding carboxylic acids is 3. The summed E-state index contributed by atoms with van der Waals surface area (Å²) in [5.41, 5.74) is 6.52. The summed E-state index contributed by atoms with van der Waals surface area (Å²) in [6.45, 7) is 3.51. The van der Waals surface area contributed by atoms with E-state index in [1.165, 1.54) is 52.2 Å². The Morgan fingerprint density at radius 3 is 2.25 bits per heavy atom. The number of piperidine rings is 1. The number of fused-ring (bicyclic) bond motifs is 4. The van der Waals surface area contributed by atoms with Gasteiger partial charge in [0.15, 0.2) is 5.16 Å². The van der Waals surface area contributed by atoms with Crippen LogP contribution >= 0.6 is 11.8 Å². The van der Waals surface area contributed by atoms with Crippen LogP contribution in [0.3, 0.4) is 0 Å². The number of aromatic nitrogens is 3. The number of rotatable bonds is 13. The number of nitrogens with one attached hydrogen (secondary N) is 1. The Kier molecular flexibility index (Phi) is 13.9. The number of amides is 3. The third-order valence-corrected chi connectivity index (χ3v) is 14.6. The molecule has 3 amide bonds. The largest absolute Gasteiger partial charge is 0.573 e. The Balaban J connectivity index is 0.692. The van der Waals surface area contributed by atoms with Crippen LogP contribution in [-0.2, 0) is 22.6 Å². The lowest BCUT2D eigenvalue weighted by Gasteiger charge is -2.37. The fourth-order valence-electron chi connectivity index (χ4n) is 10.1. The van der Waals surface area contributed by atoms with Gasteiger partial charge in [0.2, 0.25) is 11.8 Å². The van der Waals surface area contributed by atoms with Gasteiger partial charge in [0, 0.05) is 63.4 Å². The summed E-state index contributed by atoms with van der Waals surface area (Å²) in [6.07, 6.45) is -1.58. The number of hydrogen-bond donors (Lipinski definition) is 2. The van der Waals surface area contributed by atoms with E-state index in [1.54, 1.807) is 21.5 Å². The van der Waals surface area contributed by atoms with Gasteiger partial charge in [-0.15, -0.1) is 13.2 Å². The summed E-state index contributed by atoms with van der Waals surface area (Å²) in [5.74, 6) is 0.309. The smallest absolute Gasteiger partial charge is 0.508 e. The first-order valence-corrected chi connectivity index (χ1v) is 24.9. The van der Waals surface area contributed by atoms with Crippen LogP contribution in [0.2, 0.25) is 0 Å². The van der Waals surface area contributed by atoms with Crippen molar-refractivity contribution >= 4 is 45.9 Å². The van der Waals surface area contributed by atoms with Crippen molar-refractivity contribution in [3.05, 3.63) is 161 Å². The maximum absolute atomic E-state index is 13.6. The Labute approximate surface area is 412 Å². The zero-order valence-corrected chi connectivity index (χ0v) is 39.6. The molecular weight excluding hydrogens is 932 g/mol. The molecule has 17 heteroatoms. The standard InChI is InChI=1S/C54H52F3N7O6S/c55-54(56,57)70-48-13-7-5-11-45(48)52(68)58-32-38-31-47-44-10-4-6-12-46(44)59-53(64(47)60-38)71-34-50(67)63-28-26-61(27-29-63)33-49(66)62-24-22-41(23-25-62)69-40-18-14-36(15-19-40)51-42(35-8-2-1-3-9-35)20-16-37-30-39(65)17-21-43(37)51/h1-15,17-19,21,30-31,41-42,51,65H,16,20,22-29,32-34H2,(H,58,68)/t42-,51+/m1/s1. The Bertz CT molecular complexity index is 3050. The quantitative estimate of drug-likeness (QED) is 0.0853. The van der Waals surface area contributed by atoms with E-state index in [0.29, 0.717) is 72.8 Å². The fourth-order valence-corrected chi connectivity index (χ4v) is 11.0. The molecule has 2 aromatic heterocycles. The molecule has 366 valence electrons. The van der Waals surface area contributed by atoms with Gasteiger partial charge in [-0.25, -0.2) is 9.50 Å². The maximum Gasteiger partial charge on any atom is 0.573 e. The summed E-state index contributed by atoms with van der Waals surface area (Å²) in [4.78, 5) is 50.6. The molecule has 0 saturated carbocycles. The highest BCUT2D eigenvalue weighted by molar-refractivity contribution is 7.99. The van der Waals surface area contributed by atoms with E-state index in [4.69, 9.17) is 9.72 Å². The van der Waals surface area contributed by atoms with Crippen LogP contribution in [0.5, 0.6) is 17.2 Å². The molecule has 0 bridgehead atoms. The molecule has 71 heavy (non-hydrogen) atoms. The highest BCUT2D eigenvalue weighted by Crippen LogP contribution is 2.47. The number of phenolic OH excluding ortho intramolecular Hbond substituents is 1. The van der Waals surface area contributed by atoms with Gasteiger partial charge in [-0.1, -0.05) is 90.6 Å². The van der Waals surface area contributed by atoms with Gasteiger partial charge in [0.25, 0.3) is 5.91 Å². The first kappa shape index (κ1) is 47.6. The second kappa shape index (κ2) is 20.7. The van der Waals surface area contributed by atoms with Crippen LogP contribution in [0.15, 0.2) is 133 Å². The minimum absolute atomic E-state index is 0.00134. The number of benzene rings is 5. The third kappa shape index (κ3) is 11.0. The number of alkyl halides is 3. The molecule has 7 aromatic rings. The molecular formula is C54H52F3N7O6S. The Hall–Kier alpha value is -7.11. The van der Waals surface area contributed by atoms with Gasteiger partial charge in [0.1, 0.15) is 23.4 Å². The third-order valence-electron chi connectivity index (χ3n) is 13.7. The van der Waals surface area contributed by atoms with E-state index < -0.39 is 18.0 Å². The summed E-state index contributed by atoms with van der Waals surface area (Å²) in [5, 5.41) is 18.8. The number of phenols is 1. The number of nitrogens with zero attached hydrogens (tertiary/aromatic N) is 6. The molecule has 2 saturated heterocycles. The van der Waals surface area contributed by atoms with Crippen LogP contribution in [0, 0.1) is 0 Å². The number of para-hydroxylation sites is 2. The lowest BCUT2D eigenvalue weighted by molar-refractivity contribution is -0.274. The molecule has 2 fully saturated rings. The number of piperazine rings is 1. The van der Waals surface area contributed by atoms with Crippen LogP contribution in [0.25, 0.3) is 16.4 Å². The summed E-state index contributed by atoms with van der Waals surface area (Å²) < 4.78 is 51.1. The van der Waals surface area contributed by atoms with E-state index in [2.05, 4.69) is 80.7 Å². The van der Waals surface area contributed by atoms with Crippen LogP contribution in [-0.4, -0.2) is 116 Å². The second-order valence-corrected chi connectivity index (χ2v) is 19.1. The maximum atomic E-state index is 13.6. The number of aryl methyl sites for hydroxylation is 1. The normalized spacial score (nSPS) is 17.8. The lowest BCUT2D eigenvalue weighted by Crippen LogP contribution is -2.53. The van der Waals surface area contributed by atoms with E-state index >= 15 is 0 Å². The predicted molar refractivity (Wildman–Crippen MR) is 263 cm³/mol. The van der Waals surface area contributed by atoms with Gasteiger partial charge >= 0.3 is 6.36 Å². The first-order valence-electron chi connectivity index (χ1n) is 23.9. The van der Waals surface area contributed by atoms with Gasteiger partial charge in [-0.3, -0.25) is 19.3 Å². The molecule has 0 unspecified atom stereocenters. The van der Waals surface area contributed by atoms with Gasteiger partial charge in [-0.05, 0) is 89.5 Å². The molecule has 2 N–H and O–H groups in total. The van der Waals surface area contributed by atoms with Crippen molar-refractivity contribution in [2.45, 2.75) is 61.7 Å². The van der Waals surface area contributed by atoms with Crippen molar-refractivity contribution < 1.29 is 42.1 Å². The van der Waals surface area contributed by atoms with E-state index in [1.807, 2.05) is 35.2 Å². The van der Waals surface area contributed by atoms with E-state index in [9.17, 15) is 32.7 Å². The van der Waals surface area contributed by atoms with Gasteiger partial charge in [-0.2, -0.15) is 5.10 Å². The zero-order chi connectivity index (χ0) is 49.1. The number of aromatic hydroxyl groups is 1. The molecule has 4 heterocycles. The average molecular weight is 984 g/mol. The molecule has 3 aliphatic rings. The summed E-state index contributed by atoms with van der Waals surface area (Å²) in [6, 6.07) is 39.2. The molecule has 0 radical (unpaired) electrons. The molecule has 0 spiro atoms. The average Bonchev–Trinajstić information content (AvgIpc) is 3.82. The summed E-state index contributed by atoms with van der Waals surface area (Å²) >= 11 is 1.24. The monoisotopic (exact) mass is 983 g/mol. The topological polar surface area (TPSA) is 142 Å². The van der Waals surface area contributed by atoms with Crippen molar-refractivity contribution in [2.75, 3.05) is 51.6 Å². The highest BCUT2D eigenvalue weighted by atomic mass is 32.2. The Morgan fingerprint density at radius 2 is 1.48 bits per heavy atom. The number of hydrogen-bond acceptors (Lipinski definition) is 10. The first-order chi connectivity index (χ1) is 34.4. The molecule has 2 aliphatic heterocycles. The van der Waals surface area contributed by atoms with Crippen molar-refractivity contribution in [1.29, 1.82) is 0 Å². The van der Waals surface area contributed by atoms with E-state index in [-0.39, 0.29) is 48.2 Å². The van der Waals surface area contributed by atoms with Crippen LogP contribution < -0.4 is 14.8 Å². The zero-order valence-electron chi connectivity index (χ0n) is 38.8. The van der Waals surface area contributed by atoms with Crippen LogP contribution in [0.4, 0.5) is 13.2 Å². The van der Waals surface area contributed by atoms with Gasteiger partial charge < -0.3 is 29.7 Å². The van der Waals surface area contributed by atoms with Crippen LogP contribution in [0.1, 0.15) is 69.4 Å². The number of thioether (sulfide) groups is 1. The van der Waals surface area contributed by atoms with Crippen molar-refractivity contribution in [3.63, 3.8) is 0 Å².